The third-order valence-corrected chi connectivity index (χ3v) is 5.73. The van der Waals surface area contributed by atoms with Crippen LogP contribution < -0.4 is 10.6 Å². The molecule has 7 nitrogen and oxygen atoms in total. The van der Waals surface area contributed by atoms with Gasteiger partial charge in [-0.05, 0) is 23.1 Å². The highest BCUT2D eigenvalue weighted by molar-refractivity contribution is 5.92. The maximum absolute atomic E-state index is 13.1. The molecule has 3 aromatic rings. The number of carboxylic acid groups (broad SMARTS) is 1. The number of benzene rings is 2. The standard InChI is InChI=1S/C25H29N3O4/c1-3-16(2)23(25(31)32)28-24(30)21(27-22(29)13-17-9-5-4-6-10-17)14-18-15-26-20-12-8-7-11-19(18)20/h4-12,15-16,21,23,26H,3,13-14H2,1-2H3,(H,27,29)(H,28,30)(H,31,32)/t16-,21-,23-/m0/s1. The predicted octanol–water partition coefficient (Wildman–Crippen LogP) is 3.05. The van der Waals surface area contributed by atoms with E-state index in [1.54, 1.807) is 6.92 Å². The molecule has 168 valence electrons. The van der Waals surface area contributed by atoms with E-state index in [9.17, 15) is 19.5 Å². The summed E-state index contributed by atoms with van der Waals surface area (Å²) >= 11 is 0. The molecule has 3 atom stereocenters. The Hall–Kier alpha value is -3.61. The number of fused-ring (bicyclic) bond motifs is 1. The third kappa shape index (κ3) is 5.75. The first-order chi connectivity index (χ1) is 15.4. The lowest BCUT2D eigenvalue weighted by atomic mass is 9.98. The zero-order chi connectivity index (χ0) is 23.1. The topological polar surface area (TPSA) is 111 Å². The summed E-state index contributed by atoms with van der Waals surface area (Å²) in [7, 11) is 0. The molecule has 0 bridgehead atoms. The molecule has 2 amide bonds. The van der Waals surface area contributed by atoms with Crippen LogP contribution in [-0.2, 0) is 27.2 Å². The Kier molecular flexibility index (Phi) is 7.65. The van der Waals surface area contributed by atoms with Crippen LogP contribution in [0.1, 0.15) is 31.4 Å². The molecule has 32 heavy (non-hydrogen) atoms. The van der Waals surface area contributed by atoms with Crippen LogP contribution in [0.2, 0.25) is 0 Å². The van der Waals surface area contributed by atoms with Crippen molar-refractivity contribution in [1.82, 2.24) is 15.6 Å². The largest absolute Gasteiger partial charge is 0.480 e. The number of aliphatic carboxylic acids is 1. The second-order valence-electron chi connectivity index (χ2n) is 8.06. The first kappa shape index (κ1) is 23.1. The second-order valence-corrected chi connectivity index (χ2v) is 8.06. The van der Waals surface area contributed by atoms with Gasteiger partial charge in [0.1, 0.15) is 12.1 Å². The molecule has 2 aromatic carbocycles. The zero-order valence-electron chi connectivity index (χ0n) is 18.3. The van der Waals surface area contributed by atoms with E-state index < -0.39 is 24.0 Å². The lowest BCUT2D eigenvalue weighted by Gasteiger charge is -2.24. The van der Waals surface area contributed by atoms with Crippen molar-refractivity contribution in [1.29, 1.82) is 0 Å². The minimum absolute atomic E-state index is 0.131. The van der Waals surface area contributed by atoms with Gasteiger partial charge in [-0.2, -0.15) is 0 Å². The van der Waals surface area contributed by atoms with Gasteiger partial charge in [0.05, 0.1) is 6.42 Å². The van der Waals surface area contributed by atoms with Gasteiger partial charge in [0.2, 0.25) is 11.8 Å². The molecule has 4 N–H and O–H groups in total. The highest BCUT2D eigenvalue weighted by Crippen LogP contribution is 2.19. The predicted molar refractivity (Wildman–Crippen MR) is 123 cm³/mol. The number of carbonyl (C=O) groups excluding carboxylic acids is 2. The molecule has 0 saturated heterocycles. The summed E-state index contributed by atoms with van der Waals surface area (Å²) in [6, 6.07) is 15.0. The summed E-state index contributed by atoms with van der Waals surface area (Å²) in [6.45, 7) is 3.65. The average molecular weight is 436 g/mol. The van der Waals surface area contributed by atoms with E-state index in [0.717, 1.165) is 22.0 Å². The van der Waals surface area contributed by atoms with Crippen LogP contribution in [-0.4, -0.2) is 40.0 Å². The molecule has 0 radical (unpaired) electrons. The number of hydrogen-bond acceptors (Lipinski definition) is 3. The number of para-hydroxylation sites is 1. The molecule has 0 spiro atoms. The molecule has 0 aliphatic carbocycles. The van der Waals surface area contributed by atoms with E-state index in [1.165, 1.54) is 0 Å². The Morgan fingerprint density at radius 2 is 1.69 bits per heavy atom. The first-order valence-electron chi connectivity index (χ1n) is 10.8. The molecule has 0 unspecified atom stereocenters. The van der Waals surface area contributed by atoms with Gasteiger partial charge in [0.25, 0.3) is 0 Å². The van der Waals surface area contributed by atoms with E-state index in [4.69, 9.17) is 0 Å². The summed E-state index contributed by atoms with van der Waals surface area (Å²) < 4.78 is 0. The van der Waals surface area contributed by atoms with E-state index >= 15 is 0 Å². The van der Waals surface area contributed by atoms with Crippen molar-refractivity contribution < 1.29 is 19.5 Å². The maximum Gasteiger partial charge on any atom is 0.326 e. The summed E-state index contributed by atoms with van der Waals surface area (Å²) in [5, 5.41) is 16.0. The van der Waals surface area contributed by atoms with Gasteiger partial charge in [-0.3, -0.25) is 9.59 Å². The first-order valence-corrected chi connectivity index (χ1v) is 10.8. The number of amides is 2. The number of aromatic amines is 1. The molecule has 0 aliphatic heterocycles. The molecule has 0 saturated carbocycles. The average Bonchev–Trinajstić information content (AvgIpc) is 3.19. The zero-order valence-corrected chi connectivity index (χ0v) is 18.3. The molecule has 7 heteroatoms. The van der Waals surface area contributed by atoms with Crippen molar-refractivity contribution in [3.05, 3.63) is 71.9 Å². The highest BCUT2D eigenvalue weighted by Gasteiger charge is 2.30. The number of carbonyl (C=O) groups is 3. The van der Waals surface area contributed by atoms with Gasteiger partial charge < -0.3 is 20.7 Å². The normalized spacial score (nSPS) is 13.8. The third-order valence-electron chi connectivity index (χ3n) is 5.73. The maximum atomic E-state index is 13.1. The Balaban J connectivity index is 1.81. The number of nitrogens with one attached hydrogen (secondary N) is 3. The fourth-order valence-corrected chi connectivity index (χ4v) is 3.69. The van der Waals surface area contributed by atoms with Gasteiger partial charge in [-0.15, -0.1) is 0 Å². The molecule has 3 rings (SSSR count). The number of aromatic nitrogens is 1. The molecular formula is C25H29N3O4. The number of rotatable bonds is 10. The smallest absolute Gasteiger partial charge is 0.326 e. The van der Waals surface area contributed by atoms with Crippen molar-refractivity contribution in [2.45, 2.75) is 45.2 Å². The Morgan fingerprint density at radius 3 is 2.38 bits per heavy atom. The fraction of sp³-hybridized carbons (Fsp3) is 0.320. The minimum Gasteiger partial charge on any atom is -0.480 e. The number of carboxylic acids is 1. The number of H-pyrrole nitrogens is 1. The van der Waals surface area contributed by atoms with E-state index in [2.05, 4.69) is 15.6 Å². The summed E-state index contributed by atoms with van der Waals surface area (Å²) in [6.07, 6.45) is 2.79. The molecular weight excluding hydrogens is 406 g/mol. The van der Waals surface area contributed by atoms with Crippen LogP contribution >= 0.6 is 0 Å². The van der Waals surface area contributed by atoms with Gasteiger partial charge in [-0.25, -0.2) is 4.79 Å². The number of hydrogen-bond donors (Lipinski definition) is 4. The van der Waals surface area contributed by atoms with Gasteiger partial charge >= 0.3 is 5.97 Å². The van der Waals surface area contributed by atoms with Crippen molar-refractivity contribution >= 4 is 28.7 Å². The lowest BCUT2D eigenvalue weighted by Crippen LogP contribution is -2.54. The fourth-order valence-electron chi connectivity index (χ4n) is 3.69. The SMILES string of the molecule is CC[C@H](C)[C@H](NC(=O)[C@H](Cc1c[nH]c2ccccc12)NC(=O)Cc1ccccc1)C(=O)O. The minimum atomic E-state index is -1.09. The van der Waals surface area contributed by atoms with Crippen molar-refractivity contribution in [3.63, 3.8) is 0 Å². The molecule has 0 aliphatic rings. The van der Waals surface area contributed by atoms with Crippen LogP contribution in [0, 0.1) is 5.92 Å². The summed E-state index contributed by atoms with van der Waals surface area (Å²) in [5.74, 6) is -2.14. The van der Waals surface area contributed by atoms with Crippen LogP contribution in [0.3, 0.4) is 0 Å². The molecule has 1 heterocycles. The van der Waals surface area contributed by atoms with Gasteiger partial charge in [-0.1, -0.05) is 68.8 Å². The Morgan fingerprint density at radius 1 is 1.00 bits per heavy atom. The van der Waals surface area contributed by atoms with Gasteiger partial charge in [0, 0.05) is 23.5 Å². The van der Waals surface area contributed by atoms with Crippen LogP contribution in [0.25, 0.3) is 10.9 Å². The Bertz CT molecular complexity index is 1080. The van der Waals surface area contributed by atoms with Crippen LogP contribution in [0.4, 0.5) is 0 Å². The lowest BCUT2D eigenvalue weighted by molar-refractivity contribution is -0.143. The monoisotopic (exact) mass is 435 g/mol. The Labute approximate surface area is 187 Å². The van der Waals surface area contributed by atoms with E-state index in [-0.39, 0.29) is 24.7 Å². The second kappa shape index (κ2) is 10.6. The van der Waals surface area contributed by atoms with Crippen molar-refractivity contribution in [2.75, 3.05) is 0 Å². The molecule has 1 aromatic heterocycles. The summed E-state index contributed by atoms with van der Waals surface area (Å²) in [4.78, 5) is 40.7. The van der Waals surface area contributed by atoms with Crippen molar-refractivity contribution in [2.24, 2.45) is 5.92 Å². The van der Waals surface area contributed by atoms with Gasteiger partial charge in [0.15, 0.2) is 0 Å². The summed E-state index contributed by atoms with van der Waals surface area (Å²) in [5.41, 5.74) is 2.63. The highest BCUT2D eigenvalue weighted by atomic mass is 16.4. The van der Waals surface area contributed by atoms with Crippen molar-refractivity contribution in [3.8, 4) is 0 Å². The van der Waals surface area contributed by atoms with E-state index in [0.29, 0.717) is 6.42 Å². The quantitative estimate of drug-likeness (QED) is 0.392. The van der Waals surface area contributed by atoms with Crippen LogP contribution in [0.5, 0.6) is 0 Å². The van der Waals surface area contributed by atoms with E-state index in [1.807, 2.05) is 67.7 Å². The molecule has 0 fully saturated rings. The van der Waals surface area contributed by atoms with Crippen LogP contribution in [0.15, 0.2) is 60.8 Å².